The number of nitrogens with one attached hydrogen (secondary N) is 6. The smallest absolute Gasteiger partial charge is 0.326 e. The van der Waals surface area contributed by atoms with Crippen LogP contribution in [-0.4, -0.2) is 35.9 Å². The van der Waals surface area contributed by atoms with Crippen molar-refractivity contribution in [1.82, 2.24) is 26.6 Å². The fourth-order valence-corrected chi connectivity index (χ4v) is 2.60. The maximum absolute atomic E-state index is 12.1. The highest BCUT2D eigenvalue weighted by molar-refractivity contribution is 6.12. The maximum Gasteiger partial charge on any atom is 0.326 e. The molecule has 0 bridgehead atoms. The van der Waals surface area contributed by atoms with E-state index >= 15 is 0 Å². The van der Waals surface area contributed by atoms with Crippen molar-refractivity contribution in [2.24, 2.45) is 10.9 Å². The van der Waals surface area contributed by atoms with Gasteiger partial charge in [0.15, 0.2) is 0 Å². The topological polar surface area (TPSA) is 148 Å². The van der Waals surface area contributed by atoms with Crippen LogP contribution in [-0.2, 0) is 9.59 Å². The standard InChI is InChI=1S/C17H19N7O3/c18-7-9(5-11-16(26)24-17(27)20-11)14-21-12(19-10-3-4-10)6-13(22-14)23-15(25)8-1-2-8/h5-8,10,18-19,21H,1-4H2,(H,22,23,25)(H2,20,24,26,27)/b11-5-,14-9+,18-7?. The Hall–Kier alpha value is -3.43. The molecule has 4 amide bonds. The zero-order chi connectivity index (χ0) is 19.0. The first kappa shape index (κ1) is 17.0. The Labute approximate surface area is 154 Å². The van der Waals surface area contributed by atoms with E-state index in [4.69, 9.17) is 5.41 Å². The molecule has 0 spiro atoms. The molecule has 0 radical (unpaired) electrons. The number of hydrogen-bond donors (Lipinski definition) is 6. The van der Waals surface area contributed by atoms with Crippen LogP contribution >= 0.6 is 0 Å². The normalized spacial score (nSPS) is 25.0. The number of amides is 4. The van der Waals surface area contributed by atoms with Crippen molar-refractivity contribution < 1.29 is 14.4 Å². The zero-order valence-electron chi connectivity index (χ0n) is 14.4. The lowest BCUT2D eigenvalue weighted by molar-refractivity contribution is -0.120. The molecule has 10 heteroatoms. The molecular formula is C17H19N7O3. The third-order valence-electron chi connectivity index (χ3n) is 4.35. The molecular weight excluding hydrogens is 350 g/mol. The number of allylic oxidation sites excluding steroid dienone is 2. The van der Waals surface area contributed by atoms with Crippen molar-refractivity contribution >= 4 is 29.9 Å². The highest BCUT2D eigenvalue weighted by Crippen LogP contribution is 2.29. The predicted octanol–water partition coefficient (Wildman–Crippen LogP) is -0.308. The van der Waals surface area contributed by atoms with Crippen molar-refractivity contribution in [2.45, 2.75) is 31.7 Å². The lowest BCUT2D eigenvalue weighted by Gasteiger charge is -2.20. The number of amidine groups is 1. The van der Waals surface area contributed by atoms with Crippen LogP contribution in [0.1, 0.15) is 25.7 Å². The summed E-state index contributed by atoms with van der Waals surface area (Å²) >= 11 is 0. The summed E-state index contributed by atoms with van der Waals surface area (Å²) in [6.45, 7) is 0. The number of imide groups is 1. The molecule has 0 aromatic heterocycles. The third-order valence-corrected chi connectivity index (χ3v) is 4.35. The lowest BCUT2D eigenvalue weighted by atomic mass is 10.2. The number of aliphatic imine (C=N–C) groups is 1. The fourth-order valence-electron chi connectivity index (χ4n) is 2.60. The van der Waals surface area contributed by atoms with Crippen LogP contribution in [0.15, 0.2) is 40.1 Å². The van der Waals surface area contributed by atoms with E-state index in [-0.39, 0.29) is 23.1 Å². The van der Waals surface area contributed by atoms with Crippen molar-refractivity contribution in [1.29, 1.82) is 5.41 Å². The van der Waals surface area contributed by atoms with Crippen LogP contribution in [0.2, 0.25) is 0 Å². The Bertz CT molecular complexity index is 860. The van der Waals surface area contributed by atoms with Gasteiger partial charge in [-0.15, -0.1) is 0 Å². The Morgan fingerprint density at radius 3 is 2.56 bits per heavy atom. The van der Waals surface area contributed by atoms with Gasteiger partial charge in [-0.05, 0) is 31.8 Å². The second kappa shape index (κ2) is 6.71. The molecule has 2 heterocycles. The first-order chi connectivity index (χ1) is 13.0. The summed E-state index contributed by atoms with van der Waals surface area (Å²) < 4.78 is 0. The number of urea groups is 1. The Morgan fingerprint density at radius 1 is 1.19 bits per heavy atom. The van der Waals surface area contributed by atoms with Gasteiger partial charge < -0.3 is 26.7 Å². The van der Waals surface area contributed by atoms with Crippen molar-refractivity contribution in [3.05, 3.63) is 35.1 Å². The largest absolute Gasteiger partial charge is 0.369 e. The molecule has 140 valence electrons. The molecule has 4 rings (SSSR count). The first-order valence-corrected chi connectivity index (χ1v) is 8.75. The number of carbonyl (C=O) groups excluding carboxylic acids is 3. The minimum atomic E-state index is -0.617. The molecule has 4 aliphatic rings. The summed E-state index contributed by atoms with van der Waals surface area (Å²) in [5.74, 6) is 0.698. The molecule has 1 saturated heterocycles. The number of rotatable bonds is 5. The van der Waals surface area contributed by atoms with Gasteiger partial charge in [0.05, 0.1) is 0 Å². The van der Waals surface area contributed by atoms with Crippen LogP contribution in [0.25, 0.3) is 0 Å². The highest BCUT2D eigenvalue weighted by Gasteiger charge is 2.31. The van der Waals surface area contributed by atoms with Crippen LogP contribution in [0.3, 0.4) is 0 Å². The molecule has 0 aromatic rings. The van der Waals surface area contributed by atoms with E-state index in [1.165, 1.54) is 6.08 Å². The Morgan fingerprint density at radius 2 is 1.96 bits per heavy atom. The average Bonchev–Trinajstić information content (AvgIpc) is 3.52. The van der Waals surface area contributed by atoms with Gasteiger partial charge in [0.1, 0.15) is 23.2 Å². The Balaban J connectivity index is 1.63. The van der Waals surface area contributed by atoms with Gasteiger partial charge in [-0.2, -0.15) is 0 Å². The SMILES string of the molecule is N=CC(/C=C1\NC(=O)NC1=O)=C1/N=C(NC(=O)C2CC2)C=C(NC2CC2)N1. The summed E-state index contributed by atoms with van der Waals surface area (Å²) in [6, 6.07) is -0.251. The van der Waals surface area contributed by atoms with Gasteiger partial charge in [0.25, 0.3) is 5.91 Å². The minimum absolute atomic E-state index is 0.0258. The minimum Gasteiger partial charge on any atom is -0.369 e. The average molecular weight is 369 g/mol. The van der Waals surface area contributed by atoms with Crippen LogP contribution in [0, 0.1) is 11.3 Å². The Kier molecular flexibility index (Phi) is 4.22. The van der Waals surface area contributed by atoms with E-state index in [9.17, 15) is 14.4 Å². The molecule has 27 heavy (non-hydrogen) atoms. The number of nitrogens with zero attached hydrogens (tertiary/aromatic N) is 1. The van der Waals surface area contributed by atoms with Gasteiger partial charge in [-0.1, -0.05) is 0 Å². The molecule has 3 fully saturated rings. The van der Waals surface area contributed by atoms with Gasteiger partial charge in [-0.3, -0.25) is 14.9 Å². The molecule has 2 aliphatic carbocycles. The highest BCUT2D eigenvalue weighted by atomic mass is 16.2. The van der Waals surface area contributed by atoms with Gasteiger partial charge in [0.2, 0.25) is 5.91 Å². The molecule has 6 N–H and O–H groups in total. The first-order valence-electron chi connectivity index (χ1n) is 8.75. The second-order valence-corrected chi connectivity index (χ2v) is 6.78. The lowest BCUT2D eigenvalue weighted by Crippen LogP contribution is -2.38. The fraction of sp³-hybridized carbons (Fsp3) is 0.353. The molecule has 10 nitrogen and oxygen atoms in total. The van der Waals surface area contributed by atoms with E-state index < -0.39 is 11.9 Å². The summed E-state index contributed by atoms with van der Waals surface area (Å²) in [5, 5.41) is 21.3. The molecule has 2 aliphatic heterocycles. The van der Waals surface area contributed by atoms with E-state index in [1.807, 2.05) is 0 Å². The molecule has 2 saturated carbocycles. The van der Waals surface area contributed by atoms with Crippen molar-refractivity contribution in [3.8, 4) is 0 Å². The maximum atomic E-state index is 12.1. The summed E-state index contributed by atoms with van der Waals surface area (Å²) in [7, 11) is 0. The van der Waals surface area contributed by atoms with Gasteiger partial charge in [0, 0.05) is 29.8 Å². The van der Waals surface area contributed by atoms with Crippen LogP contribution < -0.4 is 26.6 Å². The van der Waals surface area contributed by atoms with Gasteiger partial charge in [-0.25, -0.2) is 9.79 Å². The van der Waals surface area contributed by atoms with Gasteiger partial charge >= 0.3 is 6.03 Å². The summed E-state index contributed by atoms with van der Waals surface area (Å²) in [4.78, 5) is 39.4. The third kappa shape index (κ3) is 4.05. The molecule has 0 unspecified atom stereocenters. The second-order valence-electron chi connectivity index (χ2n) is 6.78. The zero-order valence-corrected chi connectivity index (χ0v) is 14.4. The summed E-state index contributed by atoms with van der Waals surface area (Å²) in [6.07, 6.45) is 7.98. The quantitative estimate of drug-likeness (QED) is 0.223. The van der Waals surface area contributed by atoms with Crippen molar-refractivity contribution in [3.63, 3.8) is 0 Å². The monoisotopic (exact) mass is 369 g/mol. The van der Waals surface area contributed by atoms with Crippen molar-refractivity contribution in [2.75, 3.05) is 0 Å². The number of carbonyl (C=O) groups is 3. The summed E-state index contributed by atoms with van der Waals surface area (Å²) in [5.41, 5.74) is 0.307. The number of hydrogen-bond acceptors (Lipinski definition) is 7. The predicted molar refractivity (Wildman–Crippen MR) is 96.2 cm³/mol. The van der Waals surface area contributed by atoms with E-state index in [2.05, 4.69) is 31.6 Å². The molecule has 0 aromatic carbocycles. The van der Waals surface area contributed by atoms with Crippen LogP contribution in [0.4, 0.5) is 4.79 Å². The molecule has 0 atom stereocenters. The van der Waals surface area contributed by atoms with E-state index in [0.717, 1.165) is 31.9 Å². The van der Waals surface area contributed by atoms with E-state index in [0.29, 0.717) is 23.5 Å². The van der Waals surface area contributed by atoms with E-state index in [1.54, 1.807) is 6.08 Å². The van der Waals surface area contributed by atoms with Crippen LogP contribution in [0.5, 0.6) is 0 Å².